The average Bonchev–Trinajstić information content (AvgIpc) is 2.70. The van der Waals surface area contributed by atoms with Gasteiger partial charge in [-0.3, -0.25) is 14.6 Å². The molecule has 0 radical (unpaired) electrons. The van der Waals surface area contributed by atoms with Gasteiger partial charge in [-0.2, -0.15) is 0 Å². The average molecular weight is 367 g/mol. The number of amides is 2. The lowest BCUT2D eigenvalue weighted by atomic mass is 10.1. The lowest BCUT2D eigenvalue weighted by molar-refractivity contribution is 0.0948. The summed E-state index contributed by atoms with van der Waals surface area (Å²) in [4.78, 5) is 28.4. The normalized spacial score (nSPS) is 10.3. The number of pyridine rings is 1. The molecule has 1 heterocycles. The fraction of sp³-hybridized carbons (Fsp3) is 0.0500. The highest BCUT2D eigenvalue weighted by Gasteiger charge is 2.11. The van der Waals surface area contributed by atoms with Gasteiger partial charge in [0.15, 0.2) is 11.6 Å². The summed E-state index contributed by atoms with van der Waals surface area (Å²) in [5.41, 5.74) is 1.53. The summed E-state index contributed by atoms with van der Waals surface area (Å²) in [6, 6.07) is 14.5. The number of benzene rings is 2. The Kier molecular flexibility index (Phi) is 5.51. The van der Waals surface area contributed by atoms with Crippen LogP contribution in [0.1, 0.15) is 26.4 Å². The van der Waals surface area contributed by atoms with Gasteiger partial charge in [-0.05, 0) is 48.5 Å². The highest BCUT2D eigenvalue weighted by molar-refractivity contribution is 6.05. The number of carbonyl (C=O) groups excluding carboxylic acids is 2. The van der Waals surface area contributed by atoms with Gasteiger partial charge >= 0.3 is 0 Å². The molecule has 0 aliphatic carbocycles. The van der Waals surface area contributed by atoms with Crippen molar-refractivity contribution < 1.29 is 18.4 Å². The Bertz CT molecular complexity index is 961. The van der Waals surface area contributed by atoms with Crippen molar-refractivity contribution in [2.75, 3.05) is 5.32 Å². The predicted octanol–water partition coefficient (Wildman–Crippen LogP) is 3.54. The summed E-state index contributed by atoms with van der Waals surface area (Å²) in [7, 11) is 0. The summed E-state index contributed by atoms with van der Waals surface area (Å²) in [5, 5.41) is 5.20. The molecule has 2 amide bonds. The van der Waals surface area contributed by atoms with E-state index in [0.29, 0.717) is 5.56 Å². The molecule has 5 nitrogen and oxygen atoms in total. The molecule has 2 aromatic carbocycles. The van der Waals surface area contributed by atoms with Crippen LogP contribution >= 0.6 is 0 Å². The van der Waals surface area contributed by atoms with E-state index in [4.69, 9.17) is 0 Å². The van der Waals surface area contributed by atoms with E-state index in [1.807, 2.05) is 6.07 Å². The number of rotatable bonds is 5. The summed E-state index contributed by atoms with van der Waals surface area (Å²) in [6.07, 6.45) is 1.64. The second-order valence-electron chi connectivity index (χ2n) is 5.66. The molecule has 0 aliphatic rings. The molecule has 0 saturated heterocycles. The summed E-state index contributed by atoms with van der Waals surface area (Å²) < 4.78 is 26.1. The van der Waals surface area contributed by atoms with E-state index in [-0.39, 0.29) is 23.7 Å². The topological polar surface area (TPSA) is 71.1 Å². The maximum atomic E-state index is 13.2. The van der Waals surface area contributed by atoms with Crippen LogP contribution in [0.25, 0.3) is 0 Å². The molecule has 0 saturated carbocycles. The number of anilines is 1. The smallest absolute Gasteiger partial charge is 0.255 e. The van der Waals surface area contributed by atoms with Gasteiger partial charge in [0, 0.05) is 29.1 Å². The molecule has 3 rings (SSSR count). The first-order valence-corrected chi connectivity index (χ1v) is 8.07. The van der Waals surface area contributed by atoms with Gasteiger partial charge < -0.3 is 10.6 Å². The van der Waals surface area contributed by atoms with Crippen molar-refractivity contribution in [2.24, 2.45) is 0 Å². The van der Waals surface area contributed by atoms with Crippen molar-refractivity contribution in [3.05, 3.63) is 95.3 Å². The number of carbonyl (C=O) groups is 2. The van der Waals surface area contributed by atoms with Crippen LogP contribution in [0.3, 0.4) is 0 Å². The zero-order valence-corrected chi connectivity index (χ0v) is 14.1. The van der Waals surface area contributed by atoms with Crippen molar-refractivity contribution >= 4 is 17.5 Å². The van der Waals surface area contributed by atoms with Gasteiger partial charge in [-0.1, -0.05) is 6.07 Å². The van der Waals surface area contributed by atoms with E-state index in [2.05, 4.69) is 15.6 Å². The molecule has 0 bridgehead atoms. The van der Waals surface area contributed by atoms with Crippen LogP contribution in [0.4, 0.5) is 14.5 Å². The van der Waals surface area contributed by atoms with E-state index in [1.165, 1.54) is 30.3 Å². The van der Waals surface area contributed by atoms with Gasteiger partial charge in [-0.15, -0.1) is 0 Å². The molecule has 7 heteroatoms. The van der Waals surface area contributed by atoms with E-state index < -0.39 is 17.5 Å². The standard InChI is InChI=1S/C20H15F2N3O2/c21-17-9-8-15(11-18(17)22)25-20(27)14-6-4-13(5-7-14)19(26)24-12-16-3-1-2-10-23-16/h1-11H,12H2,(H,24,26)(H,25,27). The first kappa shape index (κ1) is 18.2. The third kappa shape index (κ3) is 4.72. The fourth-order valence-electron chi connectivity index (χ4n) is 2.33. The Morgan fingerprint density at radius 3 is 2.19 bits per heavy atom. The van der Waals surface area contributed by atoms with Gasteiger partial charge in [0.05, 0.1) is 12.2 Å². The summed E-state index contributed by atoms with van der Waals surface area (Å²) in [6.45, 7) is 0.290. The Labute approximate surface area is 154 Å². The van der Waals surface area contributed by atoms with Crippen LogP contribution in [0.2, 0.25) is 0 Å². The second kappa shape index (κ2) is 8.18. The fourth-order valence-corrected chi connectivity index (χ4v) is 2.33. The van der Waals surface area contributed by atoms with Crippen LogP contribution in [-0.4, -0.2) is 16.8 Å². The third-order valence-electron chi connectivity index (χ3n) is 3.74. The molecule has 0 aliphatic heterocycles. The molecule has 0 spiro atoms. The quantitative estimate of drug-likeness (QED) is 0.725. The Balaban J connectivity index is 1.61. The number of nitrogens with one attached hydrogen (secondary N) is 2. The minimum absolute atomic E-state index is 0.135. The number of hydrogen-bond acceptors (Lipinski definition) is 3. The zero-order chi connectivity index (χ0) is 19.2. The Morgan fingerprint density at radius 2 is 1.56 bits per heavy atom. The predicted molar refractivity (Wildman–Crippen MR) is 96.2 cm³/mol. The van der Waals surface area contributed by atoms with Crippen LogP contribution in [-0.2, 0) is 6.54 Å². The number of nitrogens with zero attached hydrogens (tertiary/aromatic N) is 1. The first-order chi connectivity index (χ1) is 13.0. The van der Waals surface area contributed by atoms with Crippen molar-refractivity contribution in [2.45, 2.75) is 6.54 Å². The van der Waals surface area contributed by atoms with Gasteiger partial charge in [0.1, 0.15) is 0 Å². The van der Waals surface area contributed by atoms with E-state index in [9.17, 15) is 18.4 Å². The largest absolute Gasteiger partial charge is 0.346 e. The SMILES string of the molecule is O=C(NCc1ccccn1)c1ccc(C(=O)Nc2ccc(F)c(F)c2)cc1. The Hall–Kier alpha value is -3.61. The highest BCUT2D eigenvalue weighted by atomic mass is 19.2. The molecule has 0 unspecified atom stereocenters. The van der Waals surface area contributed by atoms with Gasteiger partial charge in [-0.25, -0.2) is 8.78 Å². The molecule has 3 aromatic rings. The molecule has 136 valence electrons. The maximum absolute atomic E-state index is 13.2. The third-order valence-corrected chi connectivity index (χ3v) is 3.74. The van der Waals surface area contributed by atoms with E-state index in [1.54, 1.807) is 18.3 Å². The summed E-state index contributed by atoms with van der Waals surface area (Å²) in [5.74, 6) is -2.84. The van der Waals surface area contributed by atoms with Gasteiger partial charge in [0.25, 0.3) is 11.8 Å². The van der Waals surface area contributed by atoms with Crippen LogP contribution in [0.15, 0.2) is 66.9 Å². The molecule has 1 aromatic heterocycles. The minimum atomic E-state index is -1.05. The van der Waals surface area contributed by atoms with Crippen LogP contribution < -0.4 is 10.6 Å². The van der Waals surface area contributed by atoms with Crippen LogP contribution in [0.5, 0.6) is 0 Å². The molecule has 0 atom stereocenters. The lowest BCUT2D eigenvalue weighted by Gasteiger charge is -2.07. The van der Waals surface area contributed by atoms with E-state index >= 15 is 0 Å². The molecular weight excluding hydrogens is 352 g/mol. The number of halogens is 2. The second-order valence-corrected chi connectivity index (χ2v) is 5.66. The van der Waals surface area contributed by atoms with Crippen molar-refractivity contribution in [3.8, 4) is 0 Å². The Morgan fingerprint density at radius 1 is 0.852 bits per heavy atom. The van der Waals surface area contributed by atoms with Crippen molar-refractivity contribution in [1.29, 1.82) is 0 Å². The van der Waals surface area contributed by atoms with E-state index in [0.717, 1.165) is 17.8 Å². The highest BCUT2D eigenvalue weighted by Crippen LogP contribution is 2.14. The van der Waals surface area contributed by atoms with Crippen LogP contribution in [0, 0.1) is 11.6 Å². The van der Waals surface area contributed by atoms with Crippen molar-refractivity contribution in [3.63, 3.8) is 0 Å². The maximum Gasteiger partial charge on any atom is 0.255 e. The number of aromatic nitrogens is 1. The summed E-state index contributed by atoms with van der Waals surface area (Å²) >= 11 is 0. The van der Waals surface area contributed by atoms with Gasteiger partial charge in [0.2, 0.25) is 0 Å². The molecule has 0 fully saturated rings. The molecule has 27 heavy (non-hydrogen) atoms. The van der Waals surface area contributed by atoms with Crippen molar-refractivity contribution in [1.82, 2.24) is 10.3 Å². The number of hydrogen-bond donors (Lipinski definition) is 2. The first-order valence-electron chi connectivity index (χ1n) is 8.07. The lowest BCUT2D eigenvalue weighted by Crippen LogP contribution is -2.23. The minimum Gasteiger partial charge on any atom is -0.346 e. The molecule has 2 N–H and O–H groups in total. The molecular formula is C20H15F2N3O2. The zero-order valence-electron chi connectivity index (χ0n) is 14.1. The monoisotopic (exact) mass is 367 g/mol.